The van der Waals surface area contributed by atoms with Gasteiger partial charge in [-0.3, -0.25) is 0 Å². The lowest BCUT2D eigenvalue weighted by atomic mass is 10.1. The first-order valence-electron chi connectivity index (χ1n) is 9.29. The Morgan fingerprint density at radius 3 is 2.22 bits per heavy atom. The highest BCUT2D eigenvalue weighted by Gasteiger charge is 2.19. The molecule has 0 aliphatic rings. The summed E-state index contributed by atoms with van der Waals surface area (Å²) >= 11 is 0. The highest BCUT2D eigenvalue weighted by atomic mass is 127. The summed E-state index contributed by atoms with van der Waals surface area (Å²) in [5.41, 5.74) is 1.70. The Bertz CT molecular complexity index is 583. The van der Waals surface area contributed by atoms with Crippen LogP contribution in [0, 0.1) is 0 Å². The standard InChI is InChI=1S/C20H34N4O2.HI/c1-7-13-22-18(21-8-2)23-14-16-9-11-17(12-10-16)15-24(6)19(25)26-20(3,4)5;/h9-12H,7-8,13-15H2,1-6H3,(H2,21,22,23);1H. The average Bonchev–Trinajstić information content (AvgIpc) is 2.57. The van der Waals surface area contributed by atoms with Crippen LogP contribution in [0.15, 0.2) is 29.3 Å². The molecule has 0 heterocycles. The van der Waals surface area contributed by atoms with Crippen molar-refractivity contribution in [1.82, 2.24) is 15.5 Å². The number of benzene rings is 1. The van der Waals surface area contributed by atoms with Gasteiger partial charge in [0.2, 0.25) is 0 Å². The van der Waals surface area contributed by atoms with Crippen molar-refractivity contribution >= 4 is 36.0 Å². The average molecular weight is 490 g/mol. The second-order valence-electron chi connectivity index (χ2n) is 7.27. The first kappa shape index (κ1) is 25.5. The van der Waals surface area contributed by atoms with Crippen molar-refractivity contribution < 1.29 is 9.53 Å². The Balaban J connectivity index is 0.00000676. The van der Waals surface area contributed by atoms with Crippen LogP contribution < -0.4 is 10.6 Å². The van der Waals surface area contributed by atoms with Crippen LogP contribution >= 0.6 is 24.0 Å². The largest absolute Gasteiger partial charge is 0.444 e. The zero-order chi connectivity index (χ0) is 19.6. The third-order valence-corrected chi connectivity index (χ3v) is 3.45. The van der Waals surface area contributed by atoms with Gasteiger partial charge in [-0.2, -0.15) is 0 Å². The summed E-state index contributed by atoms with van der Waals surface area (Å²) in [7, 11) is 1.74. The van der Waals surface area contributed by atoms with Crippen molar-refractivity contribution in [3.8, 4) is 0 Å². The Morgan fingerprint density at radius 2 is 1.70 bits per heavy atom. The maximum atomic E-state index is 12.0. The molecule has 1 aromatic carbocycles. The van der Waals surface area contributed by atoms with Gasteiger partial charge in [-0.05, 0) is 45.2 Å². The van der Waals surface area contributed by atoms with Crippen LogP contribution in [0.2, 0.25) is 0 Å². The lowest BCUT2D eigenvalue weighted by Crippen LogP contribution is -2.37. The second kappa shape index (κ2) is 12.8. The fraction of sp³-hybridized carbons (Fsp3) is 0.600. The quantitative estimate of drug-likeness (QED) is 0.343. The molecule has 1 aromatic rings. The molecule has 0 saturated heterocycles. The molecule has 0 aromatic heterocycles. The van der Waals surface area contributed by atoms with E-state index in [1.54, 1.807) is 11.9 Å². The van der Waals surface area contributed by atoms with Gasteiger partial charge in [0, 0.05) is 26.7 Å². The molecule has 0 bridgehead atoms. The summed E-state index contributed by atoms with van der Waals surface area (Å²) in [6.45, 7) is 12.7. The molecule has 1 rings (SSSR count). The predicted octanol–water partition coefficient (Wildman–Crippen LogP) is 4.14. The van der Waals surface area contributed by atoms with Gasteiger partial charge in [0.05, 0.1) is 6.54 Å². The van der Waals surface area contributed by atoms with E-state index >= 15 is 0 Å². The predicted molar refractivity (Wildman–Crippen MR) is 123 cm³/mol. The van der Waals surface area contributed by atoms with Gasteiger partial charge in [0.15, 0.2) is 5.96 Å². The zero-order valence-electron chi connectivity index (χ0n) is 17.5. The van der Waals surface area contributed by atoms with Crippen LogP contribution in [-0.4, -0.2) is 42.7 Å². The number of carbonyl (C=O) groups is 1. The minimum Gasteiger partial charge on any atom is -0.444 e. The van der Waals surface area contributed by atoms with Gasteiger partial charge in [-0.25, -0.2) is 9.79 Å². The van der Waals surface area contributed by atoms with E-state index in [0.29, 0.717) is 13.1 Å². The molecule has 0 radical (unpaired) electrons. The molecule has 0 unspecified atom stereocenters. The fourth-order valence-corrected chi connectivity index (χ4v) is 2.18. The first-order valence-corrected chi connectivity index (χ1v) is 9.29. The third kappa shape index (κ3) is 11.0. The monoisotopic (exact) mass is 490 g/mol. The number of halogens is 1. The molecule has 7 heteroatoms. The number of rotatable bonds is 7. The number of hydrogen-bond donors (Lipinski definition) is 2. The van der Waals surface area contributed by atoms with Gasteiger partial charge in [-0.15, -0.1) is 24.0 Å². The molecule has 154 valence electrons. The SMILES string of the molecule is CCCNC(=NCc1ccc(CN(C)C(=O)OC(C)(C)C)cc1)NCC.I. The molecule has 0 fully saturated rings. The van der Waals surface area contributed by atoms with Crippen molar-refractivity contribution in [3.05, 3.63) is 35.4 Å². The van der Waals surface area contributed by atoms with E-state index in [0.717, 1.165) is 36.6 Å². The van der Waals surface area contributed by atoms with Crippen LogP contribution in [0.4, 0.5) is 4.79 Å². The molecule has 0 aliphatic heterocycles. The summed E-state index contributed by atoms with van der Waals surface area (Å²) in [6, 6.07) is 8.15. The Hall–Kier alpha value is -1.51. The Labute approximate surface area is 181 Å². The van der Waals surface area contributed by atoms with Crippen LogP contribution in [-0.2, 0) is 17.8 Å². The minimum absolute atomic E-state index is 0. The molecule has 0 aliphatic carbocycles. The van der Waals surface area contributed by atoms with E-state index in [1.165, 1.54) is 0 Å². The van der Waals surface area contributed by atoms with Gasteiger partial charge in [0.25, 0.3) is 0 Å². The molecule has 27 heavy (non-hydrogen) atoms. The summed E-state index contributed by atoms with van der Waals surface area (Å²) in [5, 5.41) is 6.53. The molecule has 0 atom stereocenters. The van der Waals surface area contributed by atoms with Gasteiger partial charge in [-0.1, -0.05) is 31.2 Å². The van der Waals surface area contributed by atoms with Crippen LogP contribution in [0.25, 0.3) is 0 Å². The van der Waals surface area contributed by atoms with Gasteiger partial charge >= 0.3 is 6.09 Å². The first-order chi connectivity index (χ1) is 12.2. The number of nitrogens with zero attached hydrogens (tertiary/aromatic N) is 2. The van der Waals surface area contributed by atoms with E-state index in [4.69, 9.17) is 4.74 Å². The highest BCUT2D eigenvalue weighted by Crippen LogP contribution is 2.12. The molecule has 1 amide bonds. The number of aliphatic imine (C=N–C) groups is 1. The van der Waals surface area contributed by atoms with E-state index in [1.807, 2.05) is 45.0 Å². The maximum absolute atomic E-state index is 12.0. The van der Waals surface area contributed by atoms with E-state index < -0.39 is 5.60 Å². The molecule has 0 spiro atoms. The van der Waals surface area contributed by atoms with E-state index in [-0.39, 0.29) is 30.1 Å². The second-order valence-corrected chi connectivity index (χ2v) is 7.27. The Kier molecular flexibility index (Phi) is 12.1. The molecule has 2 N–H and O–H groups in total. The number of guanidine groups is 1. The molecule has 0 saturated carbocycles. The highest BCUT2D eigenvalue weighted by molar-refractivity contribution is 14.0. The number of carbonyl (C=O) groups excluding carboxylic acids is 1. The number of amides is 1. The lowest BCUT2D eigenvalue weighted by molar-refractivity contribution is 0.0285. The van der Waals surface area contributed by atoms with Gasteiger partial charge in [0.1, 0.15) is 5.60 Å². The van der Waals surface area contributed by atoms with Crippen LogP contribution in [0.1, 0.15) is 52.2 Å². The molecular weight excluding hydrogens is 455 g/mol. The van der Waals surface area contributed by atoms with E-state index in [2.05, 4.69) is 29.5 Å². The number of nitrogens with one attached hydrogen (secondary N) is 2. The fourth-order valence-electron chi connectivity index (χ4n) is 2.18. The number of ether oxygens (including phenoxy) is 1. The Morgan fingerprint density at radius 1 is 1.11 bits per heavy atom. The van der Waals surface area contributed by atoms with Gasteiger partial charge < -0.3 is 20.3 Å². The van der Waals surface area contributed by atoms with E-state index in [9.17, 15) is 4.79 Å². The van der Waals surface area contributed by atoms with Crippen molar-refractivity contribution in [2.45, 2.75) is 59.7 Å². The smallest absolute Gasteiger partial charge is 0.410 e. The van der Waals surface area contributed by atoms with Crippen molar-refractivity contribution in [3.63, 3.8) is 0 Å². The van der Waals surface area contributed by atoms with Crippen LogP contribution in [0.5, 0.6) is 0 Å². The van der Waals surface area contributed by atoms with Crippen molar-refractivity contribution in [2.24, 2.45) is 4.99 Å². The minimum atomic E-state index is -0.483. The van der Waals surface area contributed by atoms with Crippen molar-refractivity contribution in [2.75, 3.05) is 20.1 Å². The number of hydrogen-bond acceptors (Lipinski definition) is 3. The molecular formula is C20H35IN4O2. The summed E-state index contributed by atoms with van der Waals surface area (Å²) in [4.78, 5) is 18.2. The zero-order valence-corrected chi connectivity index (χ0v) is 19.8. The van der Waals surface area contributed by atoms with Crippen LogP contribution in [0.3, 0.4) is 0 Å². The maximum Gasteiger partial charge on any atom is 0.410 e. The third-order valence-electron chi connectivity index (χ3n) is 3.45. The summed E-state index contributed by atoms with van der Waals surface area (Å²) in [5.74, 6) is 0.836. The van der Waals surface area contributed by atoms with Crippen molar-refractivity contribution in [1.29, 1.82) is 0 Å². The lowest BCUT2D eigenvalue weighted by Gasteiger charge is -2.24. The summed E-state index contributed by atoms with van der Waals surface area (Å²) in [6.07, 6.45) is 0.744. The molecule has 6 nitrogen and oxygen atoms in total. The normalized spacial score (nSPS) is 11.4. The topological polar surface area (TPSA) is 66.0 Å². The summed E-state index contributed by atoms with van der Waals surface area (Å²) < 4.78 is 5.37.